The van der Waals surface area contributed by atoms with Crippen LogP contribution in [0, 0.1) is 0 Å². The van der Waals surface area contributed by atoms with Gasteiger partial charge in [-0.3, -0.25) is 4.79 Å². The number of nitrogen functional groups attached to an aromatic ring is 1. The molecule has 0 aliphatic rings. The molecule has 2 rings (SSSR count). The molecule has 21 heavy (non-hydrogen) atoms. The lowest BCUT2D eigenvalue weighted by Gasteiger charge is -2.13. The maximum atomic E-state index is 12.1. The summed E-state index contributed by atoms with van der Waals surface area (Å²) in [6.45, 7) is 0. The Morgan fingerprint density at radius 2 is 1.57 bits per heavy atom. The Bertz CT molecular complexity index is 728. The number of nitrogens with one attached hydrogen (secondary N) is 1. The number of anilines is 1. The van der Waals surface area contributed by atoms with Gasteiger partial charge in [-0.1, -0.05) is 30.3 Å². The van der Waals surface area contributed by atoms with Crippen LogP contribution in [0.2, 0.25) is 0 Å². The summed E-state index contributed by atoms with van der Waals surface area (Å²) in [6.07, 6.45) is 0. The Kier molecular flexibility index (Phi) is 4.25. The van der Waals surface area contributed by atoms with Gasteiger partial charge in [-0.05, 0) is 29.8 Å². The quantitative estimate of drug-likeness (QED) is 0.722. The normalized spacial score (nSPS) is 12.6. The number of sulfonamides is 1. The van der Waals surface area contributed by atoms with E-state index in [0.717, 1.165) is 0 Å². The van der Waals surface area contributed by atoms with Crippen molar-refractivity contribution in [2.24, 2.45) is 5.73 Å². The third kappa shape index (κ3) is 3.59. The van der Waals surface area contributed by atoms with Crippen LogP contribution in [0.3, 0.4) is 0 Å². The Balaban J connectivity index is 2.17. The van der Waals surface area contributed by atoms with Gasteiger partial charge in [0.25, 0.3) is 15.9 Å². The van der Waals surface area contributed by atoms with Crippen LogP contribution in [0.5, 0.6) is 0 Å². The van der Waals surface area contributed by atoms with Crippen molar-refractivity contribution in [2.75, 3.05) is 5.73 Å². The Hall–Kier alpha value is -2.38. The highest BCUT2D eigenvalue weighted by Gasteiger charge is 2.22. The summed E-state index contributed by atoms with van der Waals surface area (Å²) in [5.41, 5.74) is 12.2. The molecule has 0 aliphatic carbocycles. The van der Waals surface area contributed by atoms with Gasteiger partial charge in [0.15, 0.2) is 0 Å². The number of hydrogen-bond donors (Lipinski definition) is 3. The number of hydrogen-bond acceptors (Lipinski definition) is 5. The van der Waals surface area contributed by atoms with E-state index in [2.05, 4.69) is 0 Å². The summed E-state index contributed by atoms with van der Waals surface area (Å²) < 4.78 is 26.1. The molecule has 6 nitrogen and oxygen atoms in total. The largest absolute Gasteiger partial charge is 0.399 e. The predicted octanol–water partition coefficient (Wildman–Crippen LogP) is 0.774. The average Bonchev–Trinajstić information content (AvgIpc) is 2.47. The Labute approximate surface area is 122 Å². The SMILES string of the molecule is Nc1ccc(S(=O)(=O)NC(=O)C(N)c2ccccc2)cc1. The van der Waals surface area contributed by atoms with E-state index in [0.29, 0.717) is 11.3 Å². The van der Waals surface area contributed by atoms with Gasteiger partial charge in [-0.15, -0.1) is 0 Å². The van der Waals surface area contributed by atoms with Crippen LogP contribution in [0.15, 0.2) is 59.5 Å². The van der Waals surface area contributed by atoms with E-state index in [1.54, 1.807) is 30.3 Å². The zero-order chi connectivity index (χ0) is 15.5. The molecule has 0 heterocycles. The number of carbonyl (C=O) groups excluding carboxylic acids is 1. The molecule has 0 aromatic heterocycles. The molecule has 0 radical (unpaired) electrons. The third-order valence-electron chi connectivity index (χ3n) is 2.87. The van der Waals surface area contributed by atoms with Crippen molar-refractivity contribution in [1.29, 1.82) is 0 Å². The molecule has 2 aromatic rings. The summed E-state index contributed by atoms with van der Waals surface area (Å²) in [5, 5.41) is 0. The van der Waals surface area contributed by atoms with E-state index < -0.39 is 22.0 Å². The highest BCUT2D eigenvalue weighted by Crippen LogP contribution is 2.14. The van der Waals surface area contributed by atoms with Gasteiger partial charge in [0.05, 0.1) is 4.90 Å². The van der Waals surface area contributed by atoms with Crippen LogP contribution in [-0.4, -0.2) is 14.3 Å². The zero-order valence-corrected chi connectivity index (χ0v) is 11.9. The van der Waals surface area contributed by atoms with Gasteiger partial charge >= 0.3 is 0 Å². The van der Waals surface area contributed by atoms with Crippen molar-refractivity contribution >= 4 is 21.6 Å². The molecular formula is C14H15N3O3S. The van der Waals surface area contributed by atoms with Gasteiger partial charge in [-0.2, -0.15) is 0 Å². The van der Waals surface area contributed by atoms with Crippen molar-refractivity contribution in [2.45, 2.75) is 10.9 Å². The Morgan fingerprint density at radius 3 is 2.14 bits per heavy atom. The van der Waals surface area contributed by atoms with E-state index in [1.165, 1.54) is 24.3 Å². The summed E-state index contributed by atoms with van der Waals surface area (Å²) in [4.78, 5) is 11.9. The minimum Gasteiger partial charge on any atom is -0.399 e. The lowest BCUT2D eigenvalue weighted by Crippen LogP contribution is -2.38. The lowest BCUT2D eigenvalue weighted by molar-refractivity contribution is -0.120. The van der Waals surface area contributed by atoms with Crippen molar-refractivity contribution in [3.8, 4) is 0 Å². The molecule has 110 valence electrons. The monoisotopic (exact) mass is 305 g/mol. The minimum absolute atomic E-state index is 0.0506. The van der Waals surface area contributed by atoms with Crippen LogP contribution in [0.25, 0.3) is 0 Å². The van der Waals surface area contributed by atoms with Gasteiger partial charge in [0.2, 0.25) is 0 Å². The van der Waals surface area contributed by atoms with Crippen molar-refractivity contribution in [3.63, 3.8) is 0 Å². The number of amides is 1. The molecule has 1 atom stereocenters. The molecule has 1 unspecified atom stereocenters. The minimum atomic E-state index is -3.96. The fourth-order valence-electron chi connectivity index (χ4n) is 1.71. The van der Waals surface area contributed by atoms with Gasteiger partial charge < -0.3 is 11.5 Å². The van der Waals surface area contributed by atoms with Crippen molar-refractivity contribution in [3.05, 3.63) is 60.2 Å². The van der Waals surface area contributed by atoms with E-state index in [-0.39, 0.29) is 4.90 Å². The first-order valence-corrected chi connectivity index (χ1v) is 7.61. The fraction of sp³-hybridized carbons (Fsp3) is 0.0714. The smallest absolute Gasteiger partial charge is 0.264 e. The molecule has 0 fully saturated rings. The first kappa shape index (κ1) is 15.0. The van der Waals surface area contributed by atoms with Gasteiger partial charge in [0, 0.05) is 5.69 Å². The molecule has 1 amide bonds. The molecule has 0 saturated carbocycles. The third-order valence-corrected chi connectivity index (χ3v) is 4.23. The first-order valence-electron chi connectivity index (χ1n) is 6.13. The zero-order valence-electron chi connectivity index (χ0n) is 11.1. The predicted molar refractivity (Wildman–Crippen MR) is 79.6 cm³/mol. The number of benzene rings is 2. The molecule has 2 aromatic carbocycles. The second kappa shape index (κ2) is 5.94. The summed E-state index contributed by atoms with van der Waals surface area (Å²) in [5.74, 6) is -0.793. The van der Waals surface area contributed by atoms with E-state index in [1.807, 2.05) is 4.72 Å². The summed E-state index contributed by atoms with van der Waals surface area (Å²) in [7, 11) is -3.96. The molecule has 0 spiro atoms. The number of rotatable bonds is 4. The van der Waals surface area contributed by atoms with E-state index in [4.69, 9.17) is 11.5 Å². The molecule has 7 heteroatoms. The maximum Gasteiger partial charge on any atom is 0.264 e. The Morgan fingerprint density at radius 1 is 1.00 bits per heavy atom. The molecular weight excluding hydrogens is 290 g/mol. The van der Waals surface area contributed by atoms with Crippen molar-refractivity contribution < 1.29 is 13.2 Å². The number of carbonyl (C=O) groups is 1. The van der Waals surface area contributed by atoms with Crippen LogP contribution in [0.4, 0.5) is 5.69 Å². The molecule has 0 aliphatic heterocycles. The molecule has 0 bridgehead atoms. The van der Waals surface area contributed by atoms with Gasteiger partial charge in [-0.25, -0.2) is 13.1 Å². The second-order valence-electron chi connectivity index (χ2n) is 4.43. The molecule has 5 N–H and O–H groups in total. The van der Waals surface area contributed by atoms with E-state index >= 15 is 0 Å². The fourth-order valence-corrected chi connectivity index (χ4v) is 2.72. The highest BCUT2D eigenvalue weighted by atomic mass is 32.2. The van der Waals surface area contributed by atoms with Crippen LogP contribution in [-0.2, 0) is 14.8 Å². The second-order valence-corrected chi connectivity index (χ2v) is 6.11. The van der Waals surface area contributed by atoms with Gasteiger partial charge in [0.1, 0.15) is 6.04 Å². The lowest BCUT2D eigenvalue weighted by atomic mass is 10.1. The van der Waals surface area contributed by atoms with Crippen LogP contribution < -0.4 is 16.2 Å². The standard InChI is InChI=1S/C14H15N3O3S/c15-11-6-8-12(9-7-11)21(19,20)17-14(18)13(16)10-4-2-1-3-5-10/h1-9,13H,15-16H2,(H,17,18). The first-order chi connectivity index (χ1) is 9.90. The highest BCUT2D eigenvalue weighted by molar-refractivity contribution is 7.90. The van der Waals surface area contributed by atoms with Crippen molar-refractivity contribution in [1.82, 2.24) is 4.72 Å². The van der Waals surface area contributed by atoms with E-state index in [9.17, 15) is 13.2 Å². The maximum absolute atomic E-state index is 12.1. The molecule has 0 saturated heterocycles. The number of nitrogens with two attached hydrogens (primary N) is 2. The van der Waals surface area contributed by atoms with Crippen LogP contribution in [0.1, 0.15) is 11.6 Å². The topological polar surface area (TPSA) is 115 Å². The summed E-state index contributed by atoms with van der Waals surface area (Å²) >= 11 is 0. The summed E-state index contributed by atoms with van der Waals surface area (Å²) in [6, 6.07) is 13.0. The van der Waals surface area contributed by atoms with Crippen LogP contribution >= 0.6 is 0 Å². The average molecular weight is 305 g/mol.